The van der Waals surface area contributed by atoms with Gasteiger partial charge in [-0.05, 0) is 19.8 Å². The normalized spacial score (nSPS) is 11.2. The van der Waals surface area contributed by atoms with Gasteiger partial charge >= 0.3 is 0 Å². The Labute approximate surface area is 103 Å². The zero-order chi connectivity index (χ0) is 12.6. The van der Waals surface area contributed by atoms with E-state index in [0.29, 0.717) is 37.5 Å². The zero-order valence-electron chi connectivity index (χ0n) is 10.3. The van der Waals surface area contributed by atoms with Gasteiger partial charge in [-0.15, -0.1) is 0 Å². The molecule has 0 saturated carbocycles. The van der Waals surface area contributed by atoms with Crippen LogP contribution in [-0.2, 0) is 9.53 Å². The minimum Gasteiger partial charge on any atom is -0.391 e. The topological polar surface area (TPSA) is 64.3 Å². The zero-order valence-corrected chi connectivity index (χ0v) is 11.2. The van der Waals surface area contributed by atoms with E-state index in [0.717, 1.165) is 0 Å². The van der Waals surface area contributed by atoms with E-state index in [4.69, 9.17) is 22.7 Å². The Morgan fingerprint density at radius 2 is 1.94 bits per heavy atom. The summed E-state index contributed by atoms with van der Waals surface area (Å²) in [5, 5.41) is 2.90. The van der Waals surface area contributed by atoms with Gasteiger partial charge < -0.3 is 15.8 Å². The molecule has 0 radical (unpaired) electrons. The fraction of sp³-hybridized carbons (Fsp3) is 0.818. The van der Waals surface area contributed by atoms with Gasteiger partial charge in [-0.3, -0.25) is 4.79 Å². The molecule has 16 heavy (non-hydrogen) atoms. The lowest BCUT2D eigenvalue weighted by Gasteiger charge is -2.31. The number of carbonyl (C=O) groups is 1. The maximum atomic E-state index is 11.6. The van der Waals surface area contributed by atoms with Crippen molar-refractivity contribution in [1.29, 1.82) is 0 Å². The molecule has 3 N–H and O–H groups in total. The molecule has 0 saturated heterocycles. The van der Waals surface area contributed by atoms with Crippen LogP contribution in [0.25, 0.3) is 0 Å². The van der Waals surface area contributed by atoms with E-state index < -0.39 is 5.54 Å². The summed E-state index contributed by atoms with van der Waals surface area (Å²) in [6.45, 7) is 6.88. The maximum Gasteiger partial charge on any atom is 0.223 e. The van der Waals surface area contributed by atoms with Gasteiger partial charge in [0.25, 0.3) is 0 Å². The summed E-state index contributed by atoms with van der Waals surface area (Å²) in [5.41, 5.74) is 5.14. The summed E-state index contributed by atoms with van der Waals surface area (Å²) in [6, 6.07) is 0. The number of carbonyl (C=O) groups excluding carboxylic acids is 1. The van der Waals surface area contributed by atoms with E-state index in [9.17, 15) is 4.79 Å². The molecule has 0 heterocycles. The lowest BCUT2D eigenvalue weighted by atomic mass is 9.92. The molecule has 0 atom stereocenters. The highest BCUT2D eigenvalue weighted by Crippen LogP contribution is 2.15. The molecular formula is C11H22N2O2S. The Hall–Kier alpha value is -0.680. The van der Waals surface area contributed by atoms with Gasteiger partial charge in [-0.25, -0.2) is 0 Å². The van der Waals surface area contributed by atoms with Crippen molar-refractivity contribution in [2.75, 3.05) is 13.2 Å². The minimum absolute atomic E-state index is 0.0649. The lowest BCUT2D eigenvalue weighted by molar-refractivity contribution is -0.123. The van der Waals surface area contributed by atoms with Gasteiger partial charge in [0.15, 0.2) is 0 Å². The van der Waals surface area contributed by atoms with Crippen molar-refractivity contribution in [3.8, 4) is 0 Å². The number of rotatable bonds is 8. The highest BCUT2D eigenvalue weighted by atomic mass is 32.1. The molecule has 0 rings (SSSR count). The van der Waals surface area contributed by atoms with Crippen LogP contribution in [0, 0.1) is 0 Å². The molecule has 0 aromatic carbocycles. The van der Waals surface area contributed by atoms with Crippen LogP contribution in [0.5, 0.6) is 0 Å². The average molecular weight is 246 g/mol. The molecule has 0 aliphatic carbocycles. The molecule has 4 nitrogen and oxygen atoms in total. The Kier molecular flexibility index (Phi) is 7.25. The summed E-state index contributed by atoms with van der Waals surface area (Å²) in [6.07, 6.45) is 1.76. The fourth-order valence-electron chi connectivity index (χ4n) is 1.48. The molecule has 5 heteroatoms. The first-order valence-electron chi connectivity index (χ1n) is 5.71. The highest BCUT2D eigenvalue weighted by molar-refractivity contribution is 7.80. The van der Waals surface area contributed by atoms with Crippen LogP contribution in [-0.4, -0.2) is 29.6 Å². The Morgan fingerprint density at radius 1 is 1.38 bits per heavy atom. The number of nitrogens with two attached hydrogens (primary N) is 1. The number of ether oxygens (including phenoxy) is 1. The molecular weight excluding hydrogens is 224 g/mol. The van der Waals surface area contributed by atoms with Crippen LogP contribution in [0.1, 0.15) is 40.0 Å². The van der Waals surface area contributed by atoms with Crippen LogP contribution < -0.4 is 11.1 Å². The smallest absolute Gasteiger partial charge is 0.223 e. The van der Waals surface area contributed by atoms with Gasteiger partial charge in [0.1, 0.15) is 0 Å². The van der Waals surface area contributed by atoms with Gasteiger partial charge in [0.2, 0.25) is 5.91 Å². The third-order valence-corrected chi connectivity index (χ3v) is 3.13. The van der Waals surface area contributed by atoms with Crippen molar-refractivity contribution < 1.29 is 9.53 Å². The first-order chi connectivity index (χ1) is 7.52. The van der Waals surface area contributed by atoms with Crippen molar-refractivity contribution in [3.63, 3.8) is 0 Å². The first-order valence-corrected chi connectivity index (χ1v) is 6.11. The molecule has 0 aliphatic heterocycles. The second kappa shape index (κ2) is 7.57. The standard InChI is InChI=1S/C11H22N2O2S/c1-4-11(5-2,10(12)16)13-9(14)7-8-15-6-3/h4-8H2,1-3H3,(H2,12,16)(H,13,14). The Bertz CT molecular complexity index is 240. The van der Waals surface area contributed by atoms with Crippen molar-refractivity contribution in [1.82, 2.24) is 5.32 Å². The van der Waals surface area contributed by atoms with Crippen LogP contribution in [0.2, 0.25) is 0 Å². The monoisotopic (exact) mass is 246 g/mol. The molecule has 0 fully saturated rings. The Balaban J connectivity index is 4.29. The van der Waals surface area contributed by atoms with Crippen molar-refractivity contribution >= 4 is 23.1 Å². The van der Waals surface area contributed by atoms with E-state index in [2.05, 4.69) is 5.32 Å². The molecule has 0 aliphatic rings. The first kappa shape index (κ1) is 15.3. The van der Waals surface area contributed by atoms with E-state index in [1.165, 1.54) is 0 Å². The van der Waals surface area contributed by atoms with Gasteiger partial charge in [0.05, 0.1) is 17.1 Å². The van der Waals surface area contributed by atoms with Crippen LogP contribution in [0.15, 0.2) is 0 Å². The molecule has 94 valence electrons. The largest absolute Gasteiger partial charge is 0.391 e. The number of hydrogen-bond donors (Lipinski definition) is 2. The number of nitrogens with one attached hydrogen (secondary N) is 1. The summed E-state index contributed by atoms with van der Waals surface area (Å²) < 4.78 is 5.12. The van der Waals surface area contributed by atoms with E-state index >= 15 is 0 Å². The molecule has 0 aromatic heterocycles. The van der Waals surface area contributed by atoms with Gasteiger partial charge in [-0.2, -0.15) is 0 Å². The quantitative estimate of drug-likeness (QED) is 0.501. The second-order valence-electron chi connectivity index (χ2n) is 3.65. The number of amides is 1. The molecule has 0 bridgehead atoms. The van der Waals surface area contributed by atoms with Crippen LogP contribution in [0.4, 0.5) is 0 Å². The summed E-state index contributed by atoms with van der Waals surface area (Å²) in [5.74, 6) is -0.0649. The third-order valence-electron chi connectivity index (χ3n) is 2.74. The van der Waals surface area contributed by atoms with Crippen LogP contribution >= 0.6 is 12.2 Å². The SMILES string of the molecule is CCOCCC(=O)NC(CC)(CC)C(N)=S. The molecule has 0 unspecified atom stereocenters. The van der Waals surface area contributed by atoms with Crippen LogP contribution in [0.3, 0.4) is 0 Å². The summed E-state index contributed by atoms with van der Waals surface area (Å²) in [4.78, 5) is 12.0. The predicted octanol–water partition coefficient (Wildman–Crippen LogP) is 1.37. The van der Waals surface area contributed by atoms with Gasteiger partial charge in [-0.1, -0.05) is 26.1 Å². The molecule has 0 spiro atoms. The fourth-order valence-corrected chi connectivity index (χ4v) is 1.82. The number of hydrogen-bond acceptors (Lipinski definition) is 3. The molecule has 1 amide bonds. The van der Waals surface area contributed by atoms with E-state index in [1.807, 2.05) is 20.8 Å². The lowest BCUT2D eigenvalue weighted by Crippen LogP contribution is -2.56. The van der Waals surface area contributed by atoms with E-state index in [-0.39, 0.29) is 5.91 Å². The summed E-state index contributed by atoms with van der Waals surface area (Å²) in [7, 11) is 0. The second-order valence-corrected chi connectivity index (χ2v) is 4.09. The van der Waals surface area contributed by atoms with Crippen molar-refractivity contribution in [2.45, 2.75) is 45.6 Å². The molecule has 0 aromatic rings. The minimum atomic E-state index is -0.543. The Morgan fingerprint density at radius 3 is 2.31 bits per heavy atom. The van der Waals surface area contributed by atoms with Crippen molar-refractivity contribution in [3.05, 3.63) is 0 Å². The van der Waals surface area contributed by atoms with Crippen molar-refractivity contribution in [2.24, 2.45) is 5.73 Å². The maximum absolute atomic E-state index is 11.6. The highest BCUT2D eigenvalue weighted by Gasteiger charge is 2.30. The third kappa shape index (κ3) is 4.45. The van der Waals surface area contributed by atoms with Gasteiger partial charge in [0, 0.05) is 13.0 Å². The predicted molar refractivity (Wildman–Crippen MR) is 69.4 cm³/mol. The number of thiocarbonyl (C=S) groups is 1. The summed E-state index contributed by atoms with van der Waals surface area (Å²) >= 11 is 5.01. The average Bonchev–Trinajstić information content (AvgIpc) is 2.26. The van der Waals surface area contributed by atoms with E-state index in [1.54, 1.807) is 0 Å².